The van der Waals surface area contributed by atoms with E-state index in [1.165, 1.54) is 0 Å². The monoisotopic (exact) mass is 295 g/mol. The Morgan fingerprint density at radius 1 is 1.16 bits per heavy atom. The van der Waals surface area contributed by atoms with Gasteiger partial charge in [-0.2, -0.15) is 0 Å². The molecule has 0 fully saturated rings. The number of benzene rings is 1. The van der Waals surface area contributed by atoms with Crippen molar-refractivity contribution < 1.29 is 0 Å². The summed E-state index contributed by atoms with van der Waals surface area (Å²) in [6.45, 7) is 0. The third kappa shape index (κ3) is 3.91. The minimum Gasteiger partial charge on any atom is -0.271 e. The summed E-state index contributed by atoms with van der Waals surface area (Å²) in [5.41, 5.74) is 4.87. The third-order valence-corrected chi connectivity index (χ3v) is 3.70. The molecule has 0 spiro atoms. The van der Waals surface area contributed by atoms with Crippen LogP contribution in [-0.4, -0.2) is 4.98 Å². The fraction of sp³-hybridized carbons (Fsp3) is 0.214. The number of nitrogens with one attached hydrogen (secondary N) is 1. The summed E-state index contributed by atoms with van der Waals surface area (Å²) < 4.78 is 0. The third-order valence-electron chi connectivity index (χ3n) is 2.96. The Labute approximate surface area is 122 Å². The fourth-order valence-corrected chi connectivity index (χ4v) is 2.22. The molecule has 0 aliphatic heterocycles. The first-order valence-corrected chi connectivity index (χ1v) is 6.77. The number of pyridine rings is 1. The van der Waals surface area contributed by atoms with E-state index in [-0.39, 0.29) is 6.04 Å². The molecule has 1 aromatic heterocycles. The van der Waals surface area contributed by atoms with Crippen LogP contribution in [0, 0.1) is 0 Å². The topological polar surface area (TPSA) is 50.9 Å². The van der Waals surface area contributed by atoms with Crippen LogP contribution in [0.25, 0.3) is 0 Å². The molecule has 3 nitrogen and oxygen atoms in total. The summed E-state index contributed by atoms with van der Waals surface area (Å²) in [6.07, 6.45) is 3.47. The lowest BCUT2D eigenvalue weighted by Crippen LogP contribution is -2.28. The smallest absolute Gasteiger partial charge is 0.0595 e. The van der Waals surface area contributed by atoms with Crippen molar-refractivity contribution in [3.05, 3.63) is 63.9 Å². The summed E-state index contributed by atoms with van der Waals surface area (Å²) in [6, 6.07) is 11.5. The first-order valence-electron chi connectivity index (χ1n) is 6.01. The molecule has 100 valence electrons. The molecule has 0 saturated heterocycles. The Morgan fingerprint density at radius 3 is 2.63 bits per heavy atom. The molecule has 0 radical (unpaired) electrons. The number of hydrazine groups is 1. The normalized spacial score (nSPS) is 12.4. The SMILES string of the molecule is NNC(CCc1ccccn1)c1ccc(Cl)c(Cl)c1. The molecule has 19 heavy (non-hydrogen) atoms. The summed E-state index contributed by atoms with van der Waals surface area (Å²) in [4.78, 5) is 4.29. The summed E-state index contributed by atoms with van der Waals surface area (Å²) >= 11 is 11.9. The summed E-state index contributed by atoms with van der Waals surface area (Å²) in [5.74, 6) is 5.61. The number of nitrogens with two attached hydrogens (primary N) is 1. The molecule has 2 aromatic rings. The maximum atomic E-state index is 6.02. The van der Waals surface area contributed by atoms with E-state index in [1.807, 2.05) is 30.3 Å². The molecule has 2 rings (SSSR count). The second-order valence-corrected chi connectivity index (χ2v) is 5.07. The van der Waals surface area contributed by atoms with Gasteiger partial charge in [0.1, 0.15) is 0 Å². The van der Waals surface area contributed by atoms with Crippen molar-refractivity contribution in [2.75, 3.05) is 0 Å². The highest BCUT2D eigenvalue weighted by atomic mass is 35.5. The van der Waals surface area contributed by atoms with Gasteiger partial charge in [-0.05, 0) is 42.7 Å². The van der Waals surface area contributed by atoms with Gasteiger partial charge in [-0.25, -0.2) is 0 Å². The van der Waals surface area contributed by atoms with Crippen molar-refractivity contribution >= 4 is 23.2 Å². The number of rotatable bonds is 5. The van der Waals surface area contributed by atoms with Gasteiger partial charge in [-0.15, -0.1) is 0 Å². The van der Waals surface area contributed by atoms with E-state index in [0.717, 1.165) is 24.1 Å². The van der Waals surface area contributed by atoms with E-state index in [9.17, 15) is 0 Å². The minimum atomic E-state index is 0.0248. The Balaban J connectivity index is 2.05. The predicted molar refractivity (Wildman–Crippen MR) is 79.1 cm³/mol. The summed E-state index contributed by atoms with van der Waals surface area (Å²) in [7, 11) is 0. The minimum absolute atomic E-state index is 0.0248. The van der Waals surface area contributed by atoms with Crippen LogP contribution in [0.5, 0.6) is 0 Å². The fourth-order valence-electron chi connectivity index (χ4n) is 1.91. The standard InChI is InChI=1S/C14H15Cl2N3/c15-12-6-4-10(9-13(12)16)14(19-17)7-5-11-3-1-2-8-18-11/h1-4,6,8-9,14,19H,5,7,17H2. The van der Waals surface area contributed by atoms with Gasteiger partial charge in [0.25, 0.3) is 0 Å². The molecule has 1 heterocycles. The van der Waals surface area contributed by atoms with Crippen molar-refractivity contribution in [2.45, 2.75) is 18.9 Å². The van der Waals surface area contributed by atoms with Crippen LogP contribution >= 0.6 is 23.2 Å². The lowest BCUT2D eigenvalue weighted by Gasteiger charge is -2.16. The van der Waals surface area contributed by atoms with E-state index in [4.69, 9.17) is 29.0 Å². The molecule has 1 atom stereocenters. The molecule has 0 aliphatic rings. The predicted octanol–water partition coefficient (Wildman–Crippen LogP) is 3.53. The van der Waals surface area contributed by atoms with Gasteiger partial charge in [0, 0.05) is 17.9 Å². The quantitative estimate of drug-likeness (QED) is 0.655. The number of aromatic nitrogens is 1. The van der Waals surface area contributed by atoms with Crippen LogP contribution in [0.2, 0.25) is 10.0 Å². The van der Waals surface area contributed by atoms with Crippen molar-refractivity contribution in [1.29, 1.82) is 0 Å². The molecule has 1 unspecified atom stereocenters. The van der Waals surface area contributed by atoms with E-state index in [0.29, 0.717) is 10.0 Å². The van der Waals surface area contributed by atoms with Gasteiger partial charge in [0.05, 0.1) is 10.0 Å². The second kappa shape index (κ2) is 6.87. The molecule has 0 bridgehead atoms. The van der Waals surface area contributed by atoms with Gasteiger partial charge in [0.15, 0.2) is 0 Å². The lowest BCUT2D eigenvalue weighted by atomic mass is 10.0. The highest BCUT2D eigenvalue weighted by Crippen LogP contribution is 2.27. The maximum Gasteiger partial charge on any atom is 0.0595 e. The number of hydrogen-bond acceptors (Lipinski definition) is 3. The molecule has 1 aromatic carbocycles. The van der Waals surface area contributed by atoms with Gasteiger partial charge >= 0.3 is 0 Å². The molecular formula is C14H15Cl2N3. The van der Waals surface area contributed by atoms with Crippen LogP contribution < -0.4 is 11.3 Å². The number of aryl methyl sites for hydroxylation is 1. The zero-order chi connectivity index (χ0) is 13.7. The lowest BCUT2D eigenvalue weighted by molar-refractivity contribution is 0.514. The average molecular weight is 296 g/mol. The van der Waals surface area contributed by atoms with Crippen LogP contribution in [0.4, 0.5) is 0 Å². The van der Waals surface area contributed by atoms with Crippen LogP contribution in [-0.2, 0) is 6.42 Å². The highest BCUT2D eigenvalue weighted by Gasteiger charge is 2.11. The van der Waals surface area contributed by atoms with Crippen LogP contribution in [0.15, 0.2) is 42.6 Å². The Kier molecular flexibility index (Phi) is 5.16. The van der Waals surface area contributed by atoms with Crippen molar-refractivity contribution in [3.63, 3.8) is 0 Å². The second-order valence-electron chi connectivity index (χ2n) is 4.25. The van der Waals surface area contributed by atoms with E-state index in [2.05, 4.69) is 10.4 Å². The van der Waals surface area contributed by atoms with Crippen molar-refractivity contribution in [1.82, 2.24) is 10.4 Å². The molecule has 0 amide bonds. The van der Waals surface area contributed by atoms with Gasteiger partial charge < -0.3 is 0 Å². The Morgan fingerprint density at radius 2 is 2.00 bits per heavy atom. The average Bonchev–Trinajstić information content (AvgIpc) is 2.44. The number of hydrogen-bond donors (Lipinski definition) is 2. The van der Waals surface area contributed by atoms with E-state index < -0.39 is 0 Å². The summed E-state index contributed by atoms with van der Waals surface area (Å²) in [5, 5.41) is 1.09. The number of halogens is 2. The zero-order valence-electron chi connectivity index (χ0n) is 10.3. The molecule has 0 aliphatic carbocycles. The number of nitrogens with zero attached hydrogens (tertiary/aromatic N) is 1. The molecular weight excluding hydrogens is 281 g/mol. The Hall–Kier alpha value is -1.13. The Bertz CT molecular complexity index is 531. The van der Waals surface area contributed by atoms with Crippen LogP contribution in [0.1, 0.15) is 23.7 Å². The first-order chi connectivity index (χ1) is 9.20. The highest BCUT2D eigenvalue weighted by molar-refractivity contribution is 6.42. The van der Waals surface area contributed by atoms with E-state index in [1.54, 1.807) is 12.3 Å². The molecule has 3 N–H and O–H groups in total. The van der Waals surface area contributed by atoms with Gasteiger partial charge in [-0.3, -0.25) is 16.3 Å². The van der Waals surface area contributed by atoms with Gasteiger partial charge in [0.2, 0.25) is 0 Å². The van der Waals surface area contributed by atoms with E-state index >= 15 is 0 Å². The van der Waals surface area contributed by atoms with Crippen molar-refractivity contribution in [2.24, 2.45) is 5.84 Å². The largest absolute Gasteiger partial charge is 0.271 e. The van der Waals surface area contributed by atoms with Crippen LogP contribution in [0.3, 0.4) is 0 Å². The molecule has 5 heteroatoms. The van der Waals surface area contributed by atoms with Gasteiger partial charge in [-0.1, -0.05) is 35.3 Å². The first kappa shape index (κ1) is 14.3. The zero-order valence-corrected chi connectivity index (χ0v) is 11.8. The maximum absolute atomic E-state index is 6.02. The molecule has 0 saturated carbocycles. The van der Waals surface area contributed by atoms with Crippen molar-refractivity contribution in [3.8, 4) is 0 Å².